The van der Waals surface area contributed by atoms with Gasteiger partial charge in [0.2, 0.25) is 0 Å². The summed E-state index contributed by atoms with van der Waals surface area (Å²) < 4.78 is 0. The van der Waals surface area contributed by atoms with Gasteiger partial charge >= 0.3 is 0 Å². The third-order valence-corrected chi connectivity index (χ3v) is 4.69. The Labute approximate surface area is 120 Å². The van der Waals surface area contributed by atoms with E-state index >= 15 is 0 Å². The van der Waals surface area contributed by atoms with Crippen molar-refractivity contribution in [1.82, 2.24) is 5.32 Å². The van der Waals surface area contributed by atoms with Crippen molar-refractivity contribution in [1.29, 1.82) is 0 Å². The van der Waals surface area contributed by atoms with Crippen LogP contribution >= 0.6 is 11.3 Å². The van der Waals surface area contributed by atoms with Gasteiger partial charge in [0, 0.05) is 17.5 Å². The zero-order chi connectivity index (χ0) is 13.8. The van der Waals surface area contributed by atoms with E-state index in [9.17, 15) is 0 Å². The summed E-state index contributed by atoms with van der Waals surface area (Å²) in [6.45, 7) is 9.87. The molecule has 1 atom stereocenters. The Bertz CT molecular complexity index is 528. The predicted molar refractivity (Wildman–Crippen MR) is 85.1 cm³/mol. The van der Waals surface area contributed by atoms with E-state index in [0.717, 1.165) is 13.0 Å². The van der Waals surface area contributed by atoms with Crippen LogP contribution in [0.25, 0.3) is 0 Å². The second-order valence-corrected chi connectivity index (χ2v) is 6.33. The highest BCUT2D eigenvalue weighted by Crippen LogP contribution is 2.21. The first-order chi connectivity index (χ1) is 9.08. The monoisotopic (exact) mass is 273 g/mol. The second kappa shape index (κ2) is 6.36. The van der Waals surface area contributed by atoms with E-state index in [0.29, 0.717) is 6.04 Å². The molecular weight excluding hydrogens is 250 g/mol. The Morgan fingerprint density at radius 3 is 2.53 bits per heavy atom. The molecule has 1 unspecified atom stereocenters. The molecule has 1 aromatic heterocycles. The lowest BCUT2D eigenvalue weighted by Crippen LogP contribution is -2.22. The molecule has 0 aliphatic heterocycles. The van der Waals surface area contributed by atoms with Crippen LogP contribution in [-0.2, 0) is 6.42 Å². The number of hydrogen-bond donors (Lipinski definition) is 1. The summed E-state index contributed by atoms with van der Waals surface area (Å²) >= 11 is 1.84. The first-order valence-electron chi connectivity index (χ1n) is 6.91. The topological polar surface area (TPSA) is 12.0 Å². The molecule has 2 heteroatoms. The molecule has 0 radical (unpaired) electrons. The summed E-state index contributed by atoms with van der Waals surface area (Å²) in [6.07, 6.45) is 1.12. The number of nitrogens with one attached hydrogen (secondary N) is 1. The van der Waals surface area contributed by atoms with Crippen molar-refractivity contribution in [3.8, 4) is 0 Å². The molecule has 0 aliphatic carbocycles. The van der Waals surface area contributed by atoms with Crippen molar-refractivity contribution >= 4 is 11.3 Å². The Hall–Kier alpha value is -1.12. The summed E-state index contributed by atoms with van der Waals surface area (Å²) in [7, 11) is 0. The number of benzene rings is 1. The quantitative estimate of drug-likeness (QED) is 0.841. The van der Waals surface area contributed by atoms with Crippen LogP contribution in [-0.4, -0.2) is 6.54 Å². The summed E-state index contributed by atoms with van der Waals surface area (Å²) in [5.41, 5.74) is 5.58. The fourth-order valence-electron chi connectivity index (χ4n) is 2.43. The van der Waals surface area contributed by atoms with E-state index in [4.69, 9.17) is 0 Å². The van der Waals surface area contributed by atoms with Gasteiger partial charge in [0.05, 0.1) is 0 Å². The molecule has 0 saturated heterocycles. The summed E-state index contributed by atoms with van der Waals surface area (Å²) in [5.74, 6) is 0. The molecule has 0 saturated carbocycles. The van der Waals surface area contributed by atoms with Crippen molar-refractivity contribution < 1.29 is 0 Å². The summed E-state index contributed by atoms with van der Waals surface area (Å²) in [6, 6.07) is 9.37. The molecular formula is C17H23NS. The van der Waals surface area contributed by atoms with Crippen LogP contribution in [0.2, 0.25) is 0 Å². The zero-order valence-electron chi connectivity index (χ0n) is 12.3. The SMILES string of the molecule is Cc1cc(C)c(C(C)NCCc2cccs2)cc1C. The van der Waals surface area contributed by atoms with Gasteiger partial charge in [0.25, 0.3) is 0 Å². The largest absolute Gasteiger partial charge is 0.310 e. The molecule has 1 aromatic carbocycles. The number of thiophene rings is 1. The lowest BCUT2D eigenvalue weighted by molar-refractivity contribution is 0.575. The Morgan fingerprint density at radius 2 is 1.84 bits per heavy atom. The van der Waals surface area contributed by atoms with Gasteiger partial charge < -0.3 is 5.32 Å². The van der Waals surface area contributed by atoms with Crippen LogP contribution in [0.3, 0.4) is 0 Å². The van der Waals surface area contributed by atoms with E-state index in [-0.39, 0.29) is 0 Å². The van der Waals surface area contributed by atoms with Crippen LogP contribution in [0, 0.1) is 20.8 Å². The molecule has 1 nitrogen and oxygen atoms in total. The fraction of sp³-hybridized carbons (Fsp3) is 0.412. The summed E-state index contributed by atoms with van der Waals surface area (Å²) in [4.78, 5) is 1.46. The molecule has 0 bridgehead atoms. The van der Waals surface area contributed by atoms with E-state index in [1.165, 1.54) is 27.1 Å². The second-order valence-electron chi connectivity index (χ2n) is 5.30. The lowest BCUT2D eigenvalue weighted by atomic mass is 9.96. The zero-order valence-corrected chi connectivity index (χ0v) is 13.1. The Kier molecular flexibility index (Phi) is 4.78. The van der Waals surface area contributed by atoms with Crippen molar-refractivity contribution in [3.63, 3.8) is 0 Å². The molecule has 1 heterocycles. The standard InChI is InChI=1S/C17H23NS/c1-12-10-14(3)17(11-13(12)2)15(4)18-8-7-16-6-5-9-19-16/h5-6,9-11,15,18H,7-8H2,1-4H3. The third kappa shape index (κ3) is 3.68. The molecule has 102 valence electrons. The maximum absolute atomic E-state index is 3.63. The minimum Gasteiger partial charge on any atom is -0.310 e. The van der Waals surface area contributed by atoms with E-state index < -0.39 is 0 Å². The maximum Gasteiger partial charge on any atom is 0.0294 e. The third-order valence-electron chi connectivity index (χ3n) is 3.75. The van der Waals surface area contributed by atoms with Crippen molar-refractivity contribution in [3.05, 3.63) is 56.8 Å². The van der Waals surface area contributed by atoms with Crippen LogP contribution in [0.1, 0.15) is 40.1 Å². The molecule has 0 fully saturated rings. The fourth-order valence-corrected chi connectivity index (χ4v) is 3.13. The van der Waals surface area contributed by atoms with Crippen LogP contribution in [0.5, 0.6) is 0 Å². The Balaban J connectivity index is 1.96. The van der Waals surface area contributed by atoms with Gasteiger partial charge in [-0.1, -0.05) is 18.2 Å². The van der Waals surface area contributed by atoms with Crippen LogP contribution in [0.15, 0.2) is 29.6 Å². The highest BCUT2D eigenvalue weighted by atomic mass is 32.1. The molecule has 0 spiro atoms. The van der Waals surface area contributed by atoms with E-state index in [2.05, 4.69) is 62.7 Å². The van der Waals surface area contributed by atoms with E-state index in [1.54, 1.807) is 0 Å². The number of aryl methyl sites for hydroxylation is 3. The number of hydrogen-bond acceptors (Lipinski definition) is 2. The van der Waals surface area contributed by atoms with Gasteiger partial charge in [-0.15, -0.1) is 11.3 Å². The smallest absolute Gasteiger partial charge is 0.0294 e. The van der Waals surface area contributed by atoms with Crippen molar-refractivity contribution in [2.45, 2.75) is 40.2 Å². The van der Waals surface area contributed by atoms with Gasteiger partial charge in [-0.05, 0) is 67.8 Å². The van der Waals surface area contributed by atoms with Crippen LogP contribution in [0.4, 0.5) is 0 Å². The average molecular weight is 273 g/mol. The molecule has 0 aliphatic rings. The Morgan fingerprint density at radius 1 is 1.11 bits per heavy atom. The minimum absolute atomic E-state index is 0.416. The predicted octanol–water partition coefficient (Wildman–Crippen LogP) is 4.57. The molecule has 19 heavy (non-hydrogen) atoms. The van der Waals surface area contributed by atoms with Gasteiger partial charge in [-0.2, -0.15) is 0 Å². The maximum atomic E-state index is 3.63. The molecule has 2 rings (SSSR count). The van der Waals surface area contributed by atoms with Crippen LogP contribution < -0.4 is 5.32 Å². The molecule has 2 aromatic rings. The van der Waals surface area contributed by atoms with Gasteiger partial charge in [0.15, 0.2) is 0 Å². The number of rotatable bonds is 5. The first-order valence-corrected chi connectivity index (χ1v) is 7.79. The summed E-state index contributed by atoms with van der Waals surface area (Å²) in [5, 5.41) is 5.78. The van der Waals surface area contributed by atoms with Gasteiger partial charge in [0.1, 0.15) is 0 Å². The highest BCUT2D eigenvalue weighted by Gasteiger charge is 2.09. The average Bonchev–Trinajstić information content (AvgIpc) is 2.86. The van der Waals surface area contributed by atoms with Gasteiger partial charge in [-0.25, -0.2) is 0 Å². The highest BCUT2D eigenvalue weighted by molar-refractivity contribution is 7.09. The van der Waals surface area contributed by atoms with E-state index in [1.807, 2.05) is 11.3 Å². The normalized spacial score (nSPS) is 12.6. The molecule has 0 amide bonds. The first kappa shape index (κ1) is 14.3. The van der Waals surface area contributed by atoms with Gasteiger partial charge in [-0.3, -0.25) is 0 Å². The molecule has 1 N–H and O–H groups in total. The van der Waals surface area contributed by atoms with Crippen molar-refractivity contribution in [2.75, 3.05) is 6.54 Å². The van der Waals surface area contributed by atoms with Crippen molar-refractivity contribution in [2.24, 2.45) is 0 Å². The minimum atomic E-state index is 0.416. The lowest BCUT2D eigenvalue weighted by Gasteiger charge is -2.18.